The maximum Gasteiger partial charge on any atom is 0.316 e. The summed E-state index contributed by atoms with van der Waals surface area (Å²) < 4.78 is 42.3. The first-order valence-electron chi connectivity index (χ1n) is 13.7. The lowest BCUT2D eigenvalue weighted by molar-refractivity contribution is -0.152. The molecule has 34 heavy (non-hydrogen) atoms. The van der Waals surface area contributed by atoms with Crippen LogP contribution in [0.5, 0.6) is 0 Å². The highest BCUT2D eigenvalue weighted by atomic mass is 16.5. The zero-order valence-electron chi connectivity index (χ0n) is 23.4. The number of nitriles is 1. The first-order chi connectivity index (χ1) is 18.2. The smallest absolute Gasteiger partial charge is 0.316 e. The van der Waals surface area contributed by atoms with Crippen LogP contribution in [-0.4, -0.2) is 37.1 Å². The number of ether oxygens (including phenoxy) is 1. The molecule has 1 saturated heterocycles. The number of piperidine rings is 1. The Morgan fingerprint density at radius 3 is 1.94 bits per heavy atom. The molecule has 1 heterocycles. The third-order valence-electron chi connectivity index (χ3n) is 6.59. The molecule has 4 nitrogen and oxygen atoms in total. The van der Waals surface area contributed by atoms with Gasteiger partial charge in [-0.25, -0.2) is 0 Å². The topological polar surface area (TPSA) is 53.3 Å². The van der Waals surface area contributed by atoms with Crippen LogP contribution in [0.3, 0.4) is 0 Å². The minimum absolute atomic E-state index is 0.116. The second kappa shape index (κ2) is 10.7. The maximum absolute atomic E-state index is 13.2. The van der Waals surface area contributed by atoms with Crippen molar-refractivity contribution in [2.45, 2.75) is 37.0 Å². The number of carbonyl (C=O) groups excluding carboxylic acids is 1. The number of esters is 1. The Hall–Kier alpha value is -3.42. The van der Waals surface area contributed by atoms with Crippen molar-refractivity contribution < 1.29 is 15.0 Å². The summed E-state index contributed by atoms with van der Waals surface area (Å²) in [5.74, 6) is -0.352. The zero-order valence-corrected chi connectivity index (χ0v) is 19.4. The fourth-order valence-electron chi connectivity index (χ4n) is 4.64. The predicted molar refractivity (Wildman–Crippen MR) is 134 cm³/mol. The van der Waals surface area contributed by atoms with E-state index in [1.165, 1.54) is 4.90 Å². The number of carbonyl (C=O) groups is 1. The predicted octanol–water partition coefficient (Wildman–Crippen LogP) is 5.48. The van der Waals surface area contributed by atoms with Gasteiger partial charge >= 0.3 is 5.97 Å². The normalized spacial score (nSPS) is 18.5. The van der Waals surface area contributed by atoms with Crippen molar-refractivity contribution in [2.24, 2.45) is 0 Å². The van der Waals surface area contributed by atoms with Crippen LogP contribution in [0.4, 0.5) is 0 Å². The van der Waals surface area contributed by atoms with Crippen molar-refractivity contribution in [3.05, 3.63) is 108 Å². The van der Waals surface area contributed by atoms with Crippen LogP contribution in [-0.2, 0) is 20.4 Å². The molecule has 0 spiro atoms. The third-order valence-corrected chi connectivity index (χ3v) is 6.59. The third kappa shape index (κ3) is 4.62. The summed E-state index contributed by atoms with van der Waals surface area (Å²) in [6.45, 7) is -0.324. The van der Waals surface area contributed by atoms with Gasteiger partial charge in [-0.3, -0.25) is 4.79 Å². The van der Waals surface area contributed by atoms with Crippen molar-refractivity contribution >= 4 is 5.97 Å². The number of likely N-dealkylation sites (tertiary alicyclic amines) is 1. The van der Waals surface area contributed by atoms with E-state index in [4.69, 9.17) is 7.48 Å². The van der Waals surface area contributed by atoms with E-state index < -0.39 is 23.7 Å². The largest absolute Gasteiger partial charge is 0.465 e. The second-order valence-corrected chi connectivity index (χ2v) is 8.49. The second-order valence-electron chi connectivity index (χ2n) is 8.49. The van der Waals surface area contributed by atoms with Gasteiger partial charge in [-0.1, -0.05) is 91.0 Å². The van der Waals surface area contributed by atoms with Gasteiger partial charge < -0.3 is 9.64 Å². The van der Waals surface area contributed by atoms with Gasteiger partial charge in [0.1, 0.15) is 5.41 Å². The Kier molecular flexibility index (Phi) is 5.95. The van der Waals surface area contributed by atoms with E-state index in [1.54, 1.807) is 67.6 Å². The molecule has 0 aliphatic carbocycles. The summed E-state index contributed by atoms with van der Waals surface area (Å²) in [4.78, 5) is 14.6. The number of benzene rings is 3. The summed E-state index contributed by atoms with van der Waals surface area (Å²) in [7, 11) is 0. The lowest BCUT2D eigenvalue weighted by Gasteiger charge is -2.41. The highest BCUT2D eigenvalue weighted by Crippen LogP contribution is 2.39. The molecule has 0 N–H and O–H groups in total. The van der Waals surface area contributed by atoms with Crippen LogP contribution < -0.4 is 0 Å². The van der Waals surface area contributed by atoms with E-state index in [0.29, 0.717) is 11.1 Å². The lowest BCUT2D eigenvalue weighted by atomic mass is 9.71. The number of rotatable bonds is 8. The summed E-state index contributed by atoms with van der Waals surface area (Å²) in [5.41, 5.74) is -1.30. The van der Waals surface area contributed by atoms with Crippen LogP contribution in [0.15, 0.2) is 91.0 Å². The Bertz CT molecular complexity index is 1230. The van der Waals surface area contributed by atoms with E-state index in [9.17, 15) is 12.8 Å². The molecule has 0 aromatic heterocycles. The molecular formula is C30H32N2O2. The molecule has 4 rings (SSSR count). The van der Waals surface area contributed by atoms with E-state index in [-0.39, 0.29) is 38.5 Å². The minimum Gasteiger partial charge on any atom is -0.465 e. The lowest BCUT2D eigenvalue weighted by Crippen LogP contribution is -2.49. The summed E-state index contributed by atoms with van der Waals surface area (Å²) in [5, 5.41) is 10.6. The van der Waals surface area contributed by atoms with Crippen LogP contribution in [0.1, 0.15) is 48.3 Å². The molecule has 3 aromatic rings. The standard InChI is InChI=1S/C30H32N2O2/c1-2-34-28(33)29(25-12-6-3-7-13-25)18-21-32(22-19-29)23-20-30(24-31,26-14-8-4-9-15-26)27-16-10-5-11-17-27/h3-17H,2,18-23H2,1H3/i20D2,23D2. The Morgan fingerprint density at radius 2 is 1.47 bits per heavy atom. The maximum atomic E-state index is 13.2. The molecule has 3 aromatic carbocycles. The van der Waals surface area contributed by atoms with Crippen molar-refractivity contribution in [1.29, 1.82) is 5.26 Å². The van der Waals surface area contributed by atoms with Crippen molar-refractivity contribution in [3.63, 3.8) is 0 Å². The highest BCUT2D eigenvalue weighted by molar-refractivity contribution is 5.83. The zero-order chi connectivity index (χ0) is 27.4. The monoisotopic (exact) mass is 456 g/mol. The van der Waals surface area contributed by atoms with Gasteiger partial charge in [-0.2, -0.15) is 5.26 Å². The van der Waals surface area contributed by atoms with Gasteiger partial charge in [0, 0.05) is 12.0 Å². The average Bonchev–Trinajstić information content (AvgIpc) is 2.95. The van der Waals surface area contributed by atoms with Crippen LogP contribution in [0.2, 0.25) is 0 Å². The van der Waals surface area contributed by atoms with E-state index in [0.717, 1.165) is 5.56 Å². The molecule has 0 saturated carbocycles. The van der Waals surface area contributed by atoms with Gasteiger partial charge in [0.25, 0.3) is 0 Å². The summed E-state index contributed by atoms with van der Waals surface area (Å²) in [6.07, 6.45) is -2.14. The van der Waals surface area contributed by atoms with Crippen LogP contribution in [0, 0.1) is 11.3 Å². The molecule has 0 bridgehead atoms. The van der Waals surface area contributed by atoms with Crippen molar-refractivity contribution in [2.75, 3.05) is 26.2 Å². The first-order valence-corrected chi connectivity index (χ1v) is 11.7. The van der Waals surface area contributed by atoms with Gasteiger partial charge in [-0.05, 0) is 55.9 Å². The Balaban J connectivity index is 1.74. The molecule has 0 atom stereocenters. The van der Waals surface area contributed by atoms with E-state index in [2.05, 4.69) is 6.07 Å². The fraction of sp³-hybridized carbons (Fsp3) is 0.333. The summed E-state index contributed by atoms with van der Waals surface area (Å²) >= 11 is 0. The molecule has 1 aliphatic heterocycles. The molecule has 0 unspecified atom stereocenters. The van der Waals surface area contributed by atoms with Crippen LogP contribution in [0.25, 0.3) is 0 Å². The molecule has 4 heteroatoms. The van der Waals surface area contributed by atoms with Crippen molar-refractivity contribution in [1.82, 2.24) is 4.90 Å². The number of hydrogen-bond donors (Lipinski definition) is 0. The SMILES string of the molecule is [2H]C([2H])(N1CCC(C(=O)OCC)(c2ccccc2)CC1)C([2H])([2H])C(C#N)(c1ccccc1)c1ccccc1. The number of nitrogens with zero attached hydrogens (tertiary/aromatic N) is 2. The van der Waals surface area contributed by atoms with Gasteiger partial charge in [0.15, 0.2) is 0 Å². The van der Waals surface area contributed by atoms with Gasteiger partial charge in [0.2, 0.25) is 0 Å². The van der Waals surface area contributed by atoms with Crippen LogP contribution >= 0.6 is 0 Å². The fourth-order valence-corrected chi connectivity index (χ4v) is 4.64. The first kappa shape index (κ1) is 18.9. The molecular weight excluding hydrogens is 420 g/mol. The molecule has 0 radical (unpaired) electrons. The van der Waals surface area contributed by atoms with Gasteiger partial charge in [-0.15, -0.1) is 0 Å². The van der Waals surface area contributed by atoms with E-state index >= 15 is 0 Å². The van der Waals surface area contributed by atoms with Gasteiger partial charge in [0.05, 0.1) is 18.1 Å². The molecule has 1 aliphatic rings. The quantitative estimate of drug-likeness (QED) is 0.421. The average molecular weight is 457 g/mol. The summed E-state index contributed by atoms with van der Waals surface area (Å²) in [6, 6.07) is 28.7. The van der Waals surface area contributed by atoms with E-state index in [1.807, 2.05) is 30.3 Å². The Morgan fingerprint density at radius 1 is 0.971 bits per heavy atom. The number of hydrogen-bond acceptors (Lipinski definition) is 4. The van der Waals surface area contributed by atoms with Crippen molar-refractivity contribution in [3.8, 4) is 6.07 Å². The molecule has 0 amide bonds. The Labute approximate surface area is 208 Å². The minimum atomic E-state index is -2.67. The molecule has 1 fully saturated rings. The highest BCUT2D eigenvalue weighted by Gasteiger charge is 2.44. The molecule has 174 valence electrons.